The van der Waals surface area contributed by atoms with Crippen molar-refractivity contribution in [2.24, 2.45) is 0 Å². The van der Waals surface area contributed by atoms with E-state index >= 15 is 0 Å². The van der Waals surface area contributed by atoms with Gasteiger partial charge in [0.25, 0.3) is 0 Å². The van der Waals surface area contributed by atoms with Gasteiger partial charge in [-0.1, -0.05) is 18.2 Å². The fraction of sp³-hybridized carbons (Fsp3) is 0.333. The van der Waals surface area contributed by atoms with Gasteiger partial charge in [-0.05, 0) is 42.7 Å². The van der Waals surface area contributed by atoms with Gasteiger partial charge >= 0.3 is 0 Å². The molecule has 1 amide bonds. The van der Waals surface area contributed by atoms with E-state index in [1.165, 1.54) is 12.1 Å². The highest BCUT2D eigenvalue weighted by molar-refractivity contribution is 5.84. The van der Waals surface area contributed by atoms with Crippen LogP contribution in [0.4, 0.5) is 4.39 Å². The Hall–Kier alpha value is -2.23. The fourth-order valence-electron chi connectivity index (χ4n) is 2.93. The van der Waals surface area contributed by atoms with E-state index in [9.17, 15) is 9.18 Å². The Morgan fingerprint density at radius 2 is 1.86 bits per heavy atom. The van der Waals surface area contributed by atoms with Crippen molar-refractivity contribution in [3.05, 3.63) is 65.7 Å². The molecule has 0 radical (unpaired) electrons. The summed E-state index contributed by atoms with van der Waals surface area (Å²) in [6.45, 7) is 1.64. The van der Waals surface area contributed by atoms with E-state index in [0.29, 0.717) is 6.42 Å². The minimum Gasteiger partial charge on any atom is -0.342 e. The number of amides is 1. The number of aromatic nitrogens is 1. The fourth-order valence-corrected chi connectivity index (χ4v) is 2.93. The van der Waals surface area contributed by atoms with E-state index in [-0.39, 0.29) is 17.6 Å². The van der Waals surface area contributed by atoms with E-state index in [4.69, 9.17) is 0 Å². The molecule has 22 heavy (non-hydrogen) atoms. The topological polar surface area (TPSA) is 33.2 Å². The summed E-state index contributed by atoms with van der Waals surface area (Å²) >= 11 is 0. The Morgan fingerprint density at radius 1 is 1.14 bits per heavy atom. The Morgan fingerprint density at radius 3 is 2.50 bits per heavy atom. The van der Waals surface area contributed by atoms with Gasteiger partial charge in [-0.3, -0.25) is 9.78 Å². The van der Waals surface area contributed by atoms with E-state index in [1.54, 1.807) is 18.3 Å². The average molecular weight is 298 g/mol. The van der Waals surface area contributed by atoms with Gasteiger partial charge in [0.2, 0.25) is 5.91 Å². The maximum Gasteiger partial charge on any atom is 0.230 e. The zero-order valence-electron chi connectivity index (χ0n) is 12.4. The normalized spacial score (nSPS) is 15.8. The molecule has 1 saturated heterocycles. The molecule has 3 nitrogen and oxygen atoms in total. The third-order valence-electron chi connectivity index (χ3n) is 4.13. The van der Waals surface area contributed by atoms with Gasteiger partial charge in [0.15, 0.2) is 0 Å². The second-order valence-electron chi connectivity index (χ2n) is 5.66. The first-order chi connectivity index (χ1) is 10.7. The smallest absolute Gasteiger partial charge is 0.230 e. The lowest BCUT2D eigenvalue weighted by Crippen LogP contribution is -2.33. The van der Waals surface area contributed by atoms with Gasteiger partial charge in [-0.2, -0.15) is 0 Å². The molecule has 1 aromatic carbocycles. The lowest BCUT2D eigenvalue weighted by atomic mass is 9.92. The number of hydrogen-bond acceptors (Lipinski definition) is 2. The Kier molecular flexibility index (Phi) is 4.47. The van der Waals surface area contributed by atoms with Crippen LogP contribution in [0, 0.1) is 5.82 Å². The van der Waals surface area contributed by atoms with Crippen molar-refractivity contribution in [3.8, 4) is 0 Å². The number of halogens is 1. The standard InChI is InChI=1S/C18H19FN2O/c19-15-8-6-14(7-9-15)17(13-16-5-1-2-10-20-16)18(22)21-11-3-4-12-21/h1-2,5-10,17H,3-4,11-13H2. The number of nitrogens with zero attached hydrogens (tertiary/aromatic N) is 2. The molecule has 1 aliphatic heterocycles. The summed E-state index contributed by atoms with van der Waals surface area (Å²) in [7, 11) is 0. The van der Waals surface area contributed by atoms with Crippen LogP contribution in [0.15, 0.2) is 48.7 Å². The van der Waals surface area contributed by atoms with Crippen LogP contribution in [0.3, 0.4) is 0 Å². The number of carbonyl (C=O) groups is 1. The van der Waals surface area contributed by atoms with Gasteiger partial charge in [0, 0.05) is 31.4 Å². The van der Waals surface area contributed by atoms with Crippen LogP contribution >= 0.6 is 0 Å². The van der Waals surface area contributed by atoms with Crippen molar-refractivity contribution in [1.82, 2.24) is 9.88 Å². The molecule has 114 valence electrons. The maximum absolute atomic E-state index is 13.2. The summed E-state index contributed by atoms with van der Waals surface area (Å²) in [4.78, 5) is 19.1. The first kappa shape index (κ1) is 14.7. The predicted molar refractivity (Wildman–Crippen MR) is 82.9 cm³/mol. The van der Waals surface area contributed by atoms with Crippen LogP contribution in [-0.2, 0) is 11.2 Å². The van der Waals surface area contributed by atoms with Crippen molar-refractivity contribution in [2.45, 2.75) is 25.2 Å². The molecule has 1 atom stereocenters. The van der Waals surface area contributed by atoms with Crippen molar-refractivity contribution in [1.29, 1.82) is 0 Å². The molecule has 3 rings (SSSR count). The summed E-state index contributed by atoms with van der Waals surface area (Å²) in [6.07, 6.45) is 4.40. The second-order valence-corrected chi connectivity index (χ2v) is 5.66. The van der Waals surface area contributed by atoms with Crippen molar-refractivity contribution < 1.29 is 9.18 Å². The molecular weight excluding hydrogens is 279 g/mol. The summed E-state index contributed by atoms with van der Waals surface area (Å²) < 4.78 is 13.2. The molecule has 4 heteroatoms. The van der Waals surface area contributed by atoms with E-state index < -0.39 is 0 Å². The van der Waals surface area contributed by atoms with Gasteiger partial charge in [0.05, 0.1) is 5.92 Å². The number of rotatable bonds is 4. The van der Waals surface area contributed by atoms with Crippen LogP contribution in [0.1, 0.15) is 30.0 Å². The lowest BCUT2D eigenvalue weighted by Gasteiger charge is -2.23. The number of carbonyl (C=O) groups excluding carboxylic acids is 1. The molecule has 0 saturated carbocycles. The largest absolute Gasteiger partial charge is 0.342 e. The highest BCUT2D eigenvalue weighted by Gasteiger charge is 2.28. The zero-order valence-corrected chi connectivity index (χ0v) is 12.4. The maximum atomic E-state index is 13.2. The SMILES string of the molecule is O=C(C(Cc1ccccn1)c1ccc(F)cc1)N1CCCC1. The lowest BCUT2D eigenvalue weighted by molar-refractivity contribution is -0.131. The van der Waals surface area contributed by atoms with Gasteiger partial charge in [0.1, 0.15) is 5.82 Å². The van der Waals surface area contributed by atoms with E-state index in [0.717, 1.165) is 37.2 Å². The Balaban J connectivity index is 1.87. The van der Waals surface area contributed by atoms with Crippen molar-refractivity contribution in [2.75, 3.05) is 13.1 Å². The summed E-state index contributed by atoms with van der Waals surface area (Å²) in [5, 5.41) is 0. The molecular formula is C18H19FN2O. The van der Waals surface area contributed by atoms with Crippen LogP contribution in [0.2, 0.25) is 0 Å². The average Bonchev–Trinajstić information content (AvgIpc) is 3.08. The first-order valence-electron chi connectivity index (χ1n) is 7.68. The monoisotopic (exact) mass is 298 g/mol. The highest BCUT2D eigenvalue weighted by Crippen LogP contribution is 2.25. The molecule has 2 heterocycles. The molecule has 1 aliphatic rings. The van der Waals surface area contributed by atoms with Gasteiger partial charge in [-0.15, -0.1) is 0 Å². The summed E-state index contributed by atoms with van der Waals surface area (Å²) in [5.74, 6) is -0.461. The molecule has 1 aromatic heterocycles. The first-order valence-corrected chi connectivity index (χ1v) is 7.68. The molecule has 1 fully saturated rings. The van der Waals surface area contributed by atoms with Crippen LogP contribution in [0.25, 0.3) is 0 Å². The molecule has 0 bridgehead atoms. The molecule has 0 spiro atoms. The van der Waals surface area contributed by atoms with Gasteiger partial charge in [-0.25, -0.2) is 4.39 Å². The Bertz CT molecular complexity index is 621. The van der Waals surface area contributed by atoms with Crippen LogP contribution < -0.4 is 0 Å². The summed E-state index contributed by atoms with van der Waals surface area (Å²) in [5.41, 5.74) is 1.73. The number of benzene rings is 1. The minimum atomic E-state index is -0.298. The molecule has 0 aliphatic carbocycles. The Labute approximate surface area is 129 Å². The highest BCUT2D eigenvalue weighted by atomic mass is 19.1. The third kappa shape index (κ3) is 3.32. The minimum absolute atomic E-state index is 0.120. The predicted octanol–water partition coefficient (Wildman–Crippen LogP) is 3.17. The van der Waals surface area contributed by atoms with Crippen molar-refractivity contribution in [3.63, 3.8) is 0 Å². The van der Waals surface area contributed by atoms with Gasteiger partial charge < -0.3 is 4.90 Å². The zero-order chi connectivity index (χ0) is 15.4. The number of hydrogen-bond donors (Lipinski definition) is 0. The van der Waals surface area contributed by atoms with Crippen LogP contribution in [-0.4, -0.2) is 28.9 Å². The summed E-state index contributed by atoms with van der Waals surface area (Å²) in [6, 6.07) is 11.9. The van der Waals surface area contributed by atoms with Crippen molar-refractivity contribution >= 4 is 5.91 Å². The molecule has 0 N–H and O–H groups in total. The van der Waals surface area contributed by atoms with Crippen LogP contribution in [0.5, 0.6) is 0 Å². The number of likely N-dealkylation sites (tertiary alicyclic amines) is 1. The molecule has 1 unspecified atom stereocenters. The molecule has 2 aromatic rings. The second kappa shape index (κ2) is 6.69. The van der Waals surface area contributed by atoms with E-state index in [2.05, 4.69) is 4.98 Å². The third-order valence-corrected chi connectivity index (χ3v) is 4.13. The van der Waals surface area contributed by atoms with E-state index in [1.807, 2.05) is 23.1 Å². The quantitative estimate of drug-likeness (QED) is 0.868. The number of pyridine rings is 1.